The Hall–Kier alpha value is -0.0800. The molecule has 1 saturated carbocycles. The average molecular weight is 157 g/mol. The van der Waals surface area contributed by atoms with Crippen molar-refractivity contribution in [3.63, 3.8) is 0 Å². The molecule has 0 aliphatic heterocycles. The summed E-state index contributed by atoms with van der Waals surface area (Å²) >= 11 is 0. The van der Waals surface area contributed by atoms with E-state index in [1.165, 1.54) is 25.7 Å². The van der Waals surface area contributed by atoms with Crippen LogP contribution in [0.25, 0.3) is 0 Å². The lowest BCUT2D eigenvalue weighted by molar-refractivity contribution is -0.0147. The highest BCUT2D eigenvalue weighted by Crippen LogP contribution is 2.28. The molecule has 2 N–H and O–H groups in total. The van der Waals surface area contributed by atoms with Gasteiger partial charge in [-0.25, -0.2) is 0 Å². The molecule has 1 aliphatic rings. The van der Waals surface area contributed by atoms with E-state index in [0.29, 0.717) is 6.54 Å². The van der Waals surface area contributed by atoms with Crippen LogP contribution in [0.1, 0.15) is 38.5 Å². The Morgan fingerprint density at radius 3 is 2.09 bits per heavy atom. The number of nitrogens with two attached hydrogens (primary N) is 1. The quantitative estimate of drug-likeness (QED) is 0.619. The van der Waals surface area contributed by atoms with Crippen molar-refractivity contribution in [2.75, 3.05) is 13.7 Å². The minimum absolute atomic E-state index is 0.0243. The Morgan fingerprint density at radius 1 is 1.18 bits per heavy atom. The highest BCUT2D eigenvalue weighted by molar-refractivity contribution is 4.83. The standard InChI is InChI=1S/C9H19NO/c1-11-9(8-10)6-4-2-3-5-7-9/h2-8,10H2,1H3. The van der Waals surface area contributed by atoms with Gasteiger partial charge in [-0.15, -0.1) is 0 Å². The highest BCUT2D eigenvalue weighted by atomic mass is 16.5. The molecule has 0 aromatic carbocycles. The molecule has 1 rings (SSSR count). The van der Waals surface area contributed by atoms with Gasteiger partial charge in [-0.1, -0.05) is 25.7 Å². The summed E-state index contributed by atoms with van der Waals surface area (Å²) in [6.07, 6.45) is 7.58. The first-order valence-corrected chi connectivity index (χ1v) is 4.58. The third kappa shape index (κ3) is 2.17. The summed E-state index contributed by atoms with van der Waals surface area (Å²) in [5, 5.41) is 0. The van der Waals surface area contributed by atoms with Crippen LogP contribution < -0.4 is 5.73 Å². The minimum atomic E-state index is 0.0243. The summed E-state index contributed by atoms with van der Waals surface area (Å²) in [6, 6.07) is 0. The van der Waals surface area contributed by atoms with Crippen molar-refractivity contribution in [3.05, 3.63) is 0 Å². The van der Waals surface area contributed by atoms with E-state index in [0.717, 1.165) is 12.8 Å². The van der Waals surface area contributed by atoms with Gasteiger partial charge in [0, 0.05) is 13.7 Å². The smallest absolute Gasteiger partial charge is 0.0800 e. The van der Waals surface area contributed by atoms with Crippen LogP contribution in [0.3, 0.4) is 0 Å². The van der Waals surface area contributed by atoms with Crippen LogP contribution in [0.4, 0.5) is 0 Å². The molecule has 0 unspecified atom stereocenters. The molecule has 0 saturated heterocycles. The Bertz CT molecular complexity index is 100. The lowest BCUT2D eigenvalue weighted by Gasteiger charge is -2.29. The minimum Gasteiger partial charge on any atom is -0.377 e. The maximum atomic E-state index is 5.69. The van der Waals surface area contributed by atoms with Crippen molar-refractivity contribution < 1.29 is 4.74 Å². The van der Waals surface area contributed by atoms with Crippen LogP contribution in [0.15, 0.2) is 0 Å². The molecule has 0 radical (unpaired) electrons. The van der Waals surface area contributed by atoms with E-state index in [1.54, 1.807) is 7.11 Å². The first-order chi connectivity index (χ1) is 5.33. The number of hydrogen-bond acceptors (Lipinski definition) is 2. The maximum Gasteiger partial charge on any atom is 0.0800 e. The molecule has 0 aromatic heterocycles. The van der Waals surface area contributed by atoms with Gasteiger partial charge in [-0.3, -0.25) is 0 Å². The molecule has 11 heavy (non-hydrogen) atoms. The van der Waals surface area contributed by atoms with Crippen molar-refractivity contribution >= 4 is 0 Å². The van der Waals surface area contributed by atoms with Crippen LogP contribution in [0.5, 0.6) is 0 Å². The zero-order valence-electron chi connectivity index (χ0n) is 7.44. The Balaban J connectivity index is 2.49. The molecule has 0 spiro atoms. The van der Waals surface area contributed by atoms with Gasteiger partial charge in [0.1, 0.15) is 0 Å². The predicted octanol–water partition coefficient (Wildman–Crippen LogP) is 1.68. The molecule has 1 aliphatic carbocycles. The third-order valence-corrected chi connectivity index (χ3v) is 2.82. The zero-order valence-corrected chi connectivity index (χ0v) is 7.44. The summed E-state index contributed by atoms with van der Waals surface area (Å²) in [4.78, 5) is 0. The SMILES string of the molecule is COC1(CN)CCCCCC1. The fourth-order valence-electron chi connectivity index (χ4n) is 1.86. The first kappa shape index (κ1) is 9.01. The third-order valence-electron chi connectivity index (χ3n) is 2.82. The van der Waals surface area contributed by atoms with E-state index in [-0.39, 0.29) is 5.60 Å². The number of methoxy groups -OCH3 is 1. The second kappa shape index (κ2) is 4.07. The number of ether oxygens (including phenoxy) is 1. The van der Waals surface area contributed by atoms with Crippen molar-refractivity contribution in [1.29, 1.82) is 0 Å². The highest BCUT2D eigenvalue weighted by Gasteiger charge is 2.28. The zero-order chi connectivity index (χ0) is 8.16. The number of rotatable bonds is 2. The summed E-state index contributed by atoms with van der Waals surface area (Å²) in [5.74, 6) is 0. The van der Waals surface area contributed by atoms with Crippen molar-refractivity contribution in [1.82, 2.24) is 0 Å². The van der Waals surface area contributed by atoms with E-state index in [9.17, 15) is 0 Å². The second-order valence-electron chi connectivity index (χ2n) is 3.51. The van der Waals surface area contributed by atoms with Gasteiger partial charge in [0.15, 0.2) is 0 Å². The van der Waals surface area contributed by atoms with Gasteiger partial charge in [-0.2, -0.15) is 0 Å². The van der Waals surface area contributed by atoms with Crippen LogP contribution in [0.2, 0.25) is 0 Å². The van der Waals surface area contributed by atoms with Crippen LogP contribution in [0, 0.1) is 0 Å². The van der Waals surface area contributed by atoms with E-state index in [4.69, 9.17) is 10.5 Å². The van der Waals surface area contributed by atoms with E-state index in [1.807, 2.05) is 0 Å². The van der Waals surface area contributed by atoms with Crippen molar-refractivity contribution in [3.8, 4) is 0 Å². The van der Waals surface area contributed by atoms with Gasteiger partial charge in [0.05, 0.1) is 5.60 Å². The molecule has 2 nitrogen and oxygen atoms in total. The van der Waals surface area contributed by atoms with Crippen LogP contribution in [-0.2, 0) is 4.74 Å². The van der Waals surface area contributed by atoms with E-state index >= 15 is 0 Å². The second-order valence-corrected chi connectivity index (χ2v) is 3.51. The molecule has 66 valence electrons. The fraction of sp³-hybridized carbons (Fsp3) is 1.00. The fourth-order valence-corrected chi connectivity index (χ4v) is 1.86. The molecule has 0 aromatic rings. The van der Waals surface area contributed by atoms with E-state index < -0.39 is 0 Å². The first-order valence-electron chi connectivity index (χ1n) is 4.58. The Kier molecular flexibility index (Phi) is 3.34. The van der Waals surface area contributed by atoms with Gasteiger partial charge in [-0.05, 0) is 12.8 Å². The lowest BCUT2D eigenvalue weighted by Crippen LogP contribution is -2.39. The van der Waals surface area contributed by atoms with Crippen molar-refractivity contribution in [2.45, 2.75) is 44.1 Å². The van der Waals surface area contributed by atoms with Gasteiger partial charge in [0.2, 0.25) is 0 Å². The molecule has 0 heterocycles. The normalized spacial score (nSPS) is 24.5. The summed E-state index contributed by atoms with van der Waals surface area (Å²) in [6.45, 7) is 0.684. The summed E-state index contributed by atoms with van der Waals surface area (Å²) in [5.41, 5.74) is 5.72. The number of hydrogen-bond donors (Lipinski definition) is 1. The molecule has 2 heteroatoms. The molecule has 1 fully saturated rings. The predicted molar refractivity (Wildman–Crippen MR) is 46.5 cm³/mol. The van der Waals surface area contributed by atoms with Crippen molar-refractivity contribution in [2.24, 2.45) is 5.73 Å². The lowest BCUT2D eigenvalue weighted by atomic mass is 9.94. The van der Waals surface area contributed by atoms with Crippen LogP contribution in [-0.4, -0.2) is 19.3 Å². The van der Waals surface area contributed by atoms with Crippen LogP contribution >= 0.6 is 0 Å². The van der Waals surface area contributed by atoms with Gasteiger partial charge >= 0.3 is 0 Å². The largest absolute Gasteiger partial charge is 0.377 e. The average Bonchev–Trinajstić information content (AvgIpc) is 2.30. The molecular weight excluding hydrogens is 138 g/mol. The molecular formula is C9H19NO. The monoisotopic (exact) mass is 157 g/mol. The summed E-state index contributed by atoms with van der Waals surface area (Å²) in [7, 11) is 1.79. The summed E-state index contributed by atoms with van der Waals surface area (Å²) < 4.78 is 5.48. The molecule has 0 atom stereocenters. The topological polar surface area (TPSA) is 35.2 Å². The molecule has 0 bridgehead atoms. The Morgan fingerprint density at radius 2 is 1.73 bits per heavy atom. The molecule has 0 amide bonds. The van der Waals surface area contributed by atoms with Gasteiger partial charge < -0.3 is 10.5 Å². The van der Waals surface area contributed by atoms with E-state index in [2.05, 4.69) is 0 Å². The Labute approximate surface area is 69.1 Å². The maximum absolute atomic E-state index is 5.69. The van der Waals surface area contributed by atoms with Gasteiger partial charge in [0.25, 0.3) is 0 Å².